The van der Waals surface area contributed by atoms with E-state index in [1.807, 2.05) is 0 Å². The number of carbonyl (C=O) groups excluding carboxylic acids is 2. The van der Waals surface area contributed by atoms with Crippen LogP contribution in [0.3, 0.4) is 0 Å². The zero-order chi connectivity index (χ0) is 15.6. The van der Waals surface area contributed by atoms with Crippen LogP contribution in [-0.2, 0) is 9.59 Å². The standard InChI is InChI=1S/C15H22N2O4/c1-8(9(2)14(19)20)13(18)17-15(21)16-7-12-6-10-3-4-11(12)5-10/h10-12H,3-7H2,1-2H3,(H,19,20)(H2,16,17,18,21). The largest absolute Gasteiger partial charge is 0.478 e. The lowest BCUT2D eigenvalue weighted by molar-refractivity contribution is -0.133. The Balaban J connectivity index is 1.78. The molecule has 2 aliphatic carbocycles. The Labute approximate surface area is 124 Å². The molecule has 116 valence electrons. The maximum Gasteiger partial charge on any atom is 0.331 e. The van der Waals surface area contributed by atoms with Gasteiger partial charge in [0.15, 0.2) is 0 Å². The van der Waals surface area contributed by atoms with Gasteiger partial charge in [0.25, 0.3) is 5.91 Å². The fourth-order valence-corrected chi connectivity index (χ4v) is 3.42. The molecule has 6 nitrogen and oxygen atoms in total. The molecule has 3 N–H and O–H groups in total. The van der Waals surface area contributed by atoms with Gasteiger partial charge in [0.1, 0.15) is 0 Å². The van der Waals surface area contributed by atoms with Crippen LogP contribution in [0.5, 0.6) is 0 Å². The molecule has 3 atom stereocenters. The Morgan fingerprint density at radius 2 is 1.81 bits per heavy atom. The number of urea groups is 1. The second-order valence-corrected chi connectivity index (χ2v) is 6.15. The van der Waals surface area contributed by atoms with Crippen molar-refractivity contribution in [2.24, 2.45) is 17.8 Å². The van der Waals surface area contributed by atoms with Crippen molar-refractivity contribution >= 4 is 17.9 Å². The average molecular weight is 294 g/mol. The molecular formula is C15H22N2O4. The van der Waals surface area contributed by atoms with Crippen molar-refractivity contribution < 1.29 is 19.5 Å². The van der Waals surface area contributed by atoms with Crippen LogP contribution in [0.4, 0.5) is 4.79 Å². The van der Waals surface area contributed by atoms with E-state index in [1.54, 1.807) is 0 Å². The van der Waals surface area contributed by atoms with Crippen LogP contribution < -0.4 is 10.6 Å². The van der Waals surface area contributed by atoms with Crippen LogP contribution in [-0.4, -0.2) is 29.6 Å². The molecule has 0 aliphatic heterocycles. The third-order valence-corrected chi connectivity index (χ3v) is 4.86. The van der Waals surface area contributed by atoms with E-state index in [9.17, 15) is 14.4 Å². The Hall–Kier alpha value is -1.85. The summed E-state index contributed by atoms with van der Waals surface area (Å²) in [7, 11) is 0. The van der Waals surface area contributed by atoms with Gasteiger partial charge in [0.2, 0.25) is 0 Å². The Morgan fingerprint density at radius 3 is 2.33 bits per heavy atom. The number of hydrogen-bond donors (Lipinski definition) is 3. The molecule has 3 unspecified atom stereocenters. The zero-order valence-electron chi connectivity index (χ0n) is 12.4. The van der Waals surface area contributed by atoms with E-state index in [4.69, 9.17) is 5.11 Å². The zero-order valence-corrected chi connectivity index (χ0v) is 12.4. The summed E-state index contributed by atoms with van der Waals surface area (Å²) in [5, 5.41) is 13.7. The summed E-state index contributed by atoms with van der Waals surface area (Å²) in [6, 6.07) is -0.555. The smallest absolute Gasteiger partial charge is 0.331 e. The Kier molecular flexibility index (Phi) is 4.65. The number of hydrogen-bond acceptors (Lipinski definition) is 3. The molecule has 0 aromatic rings. The van der Waals surface area contributed by atoms with Crippen LogP contribution in [0.15, 0.2) is 11.1 Å². The number of carboxylic acid groups (broad SMARTS) is 1. The summed E-state index contributed by atoms with van der Waals surface area (Å²) in [6.07, 6.45) is 4.99. The third kappa shape index (κ3) is 3.62. The Bertz CT molecular complexity index is 498. The van der Waals surface area contributed by atoms with Crippen LogP contribution in [0, 0.1) is 17.8 Å². The van der Waals surface area contributed by atoms with Crippen molar-refractivity contribution in [1.29, 1.82) is 0 Å². The van der Waals surface area contributed by atoms with Gasteiger partial charge in [-0.2, -0.15) is 0 Å². The molecule has 2 fully saturated rings. The molecule has 2 aliphatic rings. The number of carboxylic acids is 1. The first-order valence-corrected chi connectivity index (χ1v) is 7.38. The summed E-state index contributed by atoms with van der Waals surface area (Å²) >= 11 is 0. The lowest BCUT2D eigenvalue weighted by Crippen LogP contribution is -2.42. The molecule has 21 heavy (non-hydrogen) atoms. The fraction of sp³-hybridized carbons (Fsp3) is 0.667. The first-order valence-electron chi connectivity index (χ1n) is 7.38. The predicted octanol–water partition coefficient (Wildman–Crippen LogP) is 1.67. The molecule has 0 spiro atoms. The maximum absolute atomic E-state index is 11.7. The molecule has 2 bridgehead atoms. The lowest BCUT2D eigenvalue weighted by Gasteiger charge is -2.21. The first-order chi connectivity index (χ1) is 9.88. The third-order valence-electron chi connectivity index (χ3n) is 4.86. The van der Waals surface area contributed by atoms with Crippen molar-refractivity contribution in [3.05, 3.63) is 11.1 Å². The van der Waals surface area contributed by atoms with Crippen LogP contribution >= 0.6 is 0 Å². The van der Waals surface area contributed by atoms with E-state index in [-0.39, 0.29) is 11.1 Å². The minimum absolute atomic E-state index is 0.0394. The topological polar surface area (TPSA) is 95.5 Å². The molecular weight excluding hydrogens is 272 g/mol. The molecule has 6 heteroatoms. The van der Waals surface area contributed by atoms with Crippen LogP contribution in [0.1, 0.15) is 39.5 Å². The molecule has 0 aromatic heterocycles. The molecule has 2 saturated carbocycles. The van der Waals surface area contributed by atoms with Gasteiger partial charge in [-0.1, -0.05) is 6.42 Å². The van der Waals surface area contributed by atoms with Gasteiger partial charge < -0.3 is 10.4 Å². The number of nitrogens with one attached hydrogen (secondary N) is 2. The molecule has 0 aromatic carbocycles. The van der Waals surface area contributed by atoms with E-state index in [0.29, 0.717) is 18.4 Å². The number of aliphatic carboxylic acids is 1. The minimum Gasteiger partial charge on any atom is -0.478 e. The second kappa shape index (κ2) is 6.28. The Morgan fingerprint density at radius 1 is 1.10 bits per heavy atom. The maximum atomic E-state index is 11.7. The van der Waals surface area contributed by atoms with Crippen molar-refractivity contribution in [3.8, 4) is 0 Å². The molecule has 0 radical (unpaired) electrons. The van der Waals surface area contributed by atoms with Crippen molar-refractivity contribution in [1.82, 2.24) is 10.6 Å². The van der Waals surface area contributed by atoms with E-state index >= 15 is 0 Å². The van der Waals surface area contributed by atoms with Gasteiger partial charge in [-0.05, 0) is 50.9 Å². The monoisotopic (exact) mass is 294 g/mol. The van der Waals surface area contributed by atoms with Gasteiger partial charge in [-0.15, -0.1) is 0 Å². The predicted molar refractivity (Wildman–Crippen MR) is 76.5 cm³/mol. The van der Waals surface area contributed by atoms with Crippen molar-refractivity contribution in [3.63, 3.8) is 0 Å². The number of carbonyl (C=O) groups is 3. The summed E-state index contributed by atoms with van der Waals surface area (Å²) in [5.74, 6) is 0.212. The number of amides is 3. The first kappa shape index (κ1) is 15.5. The molecule has 2 rings (SSSR count). The van der Waals surface area contributed by atoms with E-state index < -0.39 is 17.9 Å². The SMILES string of the molecule is CC(C(=O)O)=C(C)C(=O)NC(=O)NCC1CC2CCC1C2. The van der Waals surface area contributed by atoms with Gasteiger partial charge in [0, 0.05) is 17.7 Å². The minimum atomic E-state index is -1.16. The highest BCUT2D eigenvalue weighted by Crippen LogP contribution is 2.47. The summed E-state index contributed by atoms with van der Waals surface area (Å²) in [5.41, 5.74) is -0.0222. The van der Waals surface area contributed by atoms with Gasteiger partial charge in [0.05, 0.1) is 0 Å². The number of fused-ring (bicyclic) bond motifs is 2. The van der Waals surface area contributed by atoms with Gasteiger partial charge >= 0.3 is 12.0 Å². The van der Waals surface area contributed by atoms with Crippen molar-refractivity contribution in [2.45, 2.75) is 39.5 Å². The summed E-state index contributed by atoms with van der Waals surface area (Å²) in [4.78, 5) is 34.2. The van der Waals surface area contributed by atoms with E-state index in [0.717, 1.165) is 12.3 Å². The second-order valence-electron chi connectivity index (χ2n) is 6.15. The highest BCUT2D eigenvalue weighted by Gasteiger charge is 2.39. The summed E-state index contributed by atoms with van der Waals surface area (Å²) in [6.45, 7) is 3.31. The molecule has 0 saturated heterocycles. The average Bonchev–Trinajstić information content (AvgIpc) is 3.05. The van der Waals surface area contributed by atoms with Gasteiger partial charge in [-0.25, -0.2) is 9.59 Å². The summed E-state index contributed by atoms with van der Waals surface area (Å²) < 4.78 is 0. The van der Waals surface area contributed by atoms with E-state index in [2.05, 4.69) is 10.6 Å². The van der Waals surface area contributed by atoms with Gasteiger partial charge in [-0.3, -0.25) is 10.1 Å². The fourth-order valence-electron chi connectivity index (χ4n) is 3.42. The molecule has 0 heterocycles. The van der Waals surface area contributed by atoms with Crippen LogP contribution in [0.25, 0.3) is 0 Å². The van der Waals surface area contributed by atoms with Crippen LogP contribution in [0.2, 0.25) is 0 Å². The van der Waals surface area contributed by atoms with E-state index in [1.165, 1.54) is 33.1 Å². The van der Waals surface area contributed by atoms with Crippen molar-refractivity contribution in [2.75, 3.05) is 6.54 Å². The highest BCUT2D eigenvalue weighted by atomic mass is 16.4. The highest BCUT2D eigenvalue weighted by molar-refractivity contribution is 6.07. The quantitative estimate of drug-likeness (QED) is 0.687. The number of rotatable bonds is 4. The number of imide groups is 1. The normalized spacial score (nSPS) is 28.0. The lowest BCUT2D eigenvalue weighted by atomic mass is 9.89. The molecule has 3 amide bonds.